The third-order valence-electron chi connectivity index (χ3n) is 3.27. The zero-order valence-corrected chi connectivity index (χ0v) is 15.2. The Morgan fingerprint density at radius 1 is 1.35 bits per heavy atom. The predicted octanol–water partition coefficient (Wildman–Crippen LogP) is 2.97. The van der Waals surface area contributed by atoms with Gasteiger partial charge in [0.15, 0.2) is 0 Å². The SMILES string of the molecule is Cc1nnc(S[C@H](C)C(=O)N[C@H](C)c2ccc(Cl)cc2Cl)n1N. The molecule has 1 amide bonds. The van der Waals surface area contributed by atoms with Gasteiger partial charge in [-0.25, -0.2) is 4.68 Å². The van der Waals surface area contributed by atoms with Crippen molar-refractivity contribution in [1.82, 2.24) is 20.2 Å². The monoisotopic (exact) mass is 373 g/mol. The summed E-state index contributed by atoms with van der Waals surface area (Å²) < 4.78 is 1.36. The largest absolute Gasteiger partial charge is 0.349 e. The van der Waals surface area contributed by atoms with E-state index in [9.17, 15) is 4.79 Å². The molecule has 0 unspecified atom stereocenters. The smallest absolute Gasteiger partial charge is 0.233 e. The number of hydrogen-bond donors (Lipinski definition) is 2. The molecule has 0 radical (unpaired) electrons. The number of nitrogens with two attached hydrogens (primary N) is 1. The number of carbonyl (C=O) groups excluding carboxylic acids is 1. The van der Waals surface area contributed by atoms with Gasteiger partial charge >= 0.3 is 0 Å². The zero-order valence-electron chi connectivity index (χ0n) is 12.9. The molecule has 6 nitrogen and oxygen atoms in total. The molecule has 23 heavy (non-hydrogen) atoms. The van der Waals surface area contributed by atoms with Crippen molar-refractivity contribution in [3.63, 3.8) is 0 Å². The molecule has 1 aromatic carbocycles. The van der Waals surface area contributed by atoms with Crippen LogP contribution in [-0.4, -0.2) is 26.0 Å². The molecule has 0 aliphatic heterocycles. The summed E-state index contributed by atoms with van der Waals surface area (Å²) in [5.74, 6) is 6.23. The molecular formula is C14H17Cl2N5OS. The Kier molecular flexibility index (Phi) is 5.78. The molecule has 0 bridgehead atoms. The third-order valence-corrected chi connectivity index (χ3v) is 4.89. The molecule has 9 heteroatoms. The van der Waals surface area contributed by atoms with E-state index in [1.54, 1.807) is 32.0 Å². The van der Waals surface area contributed by atoms with E-state index in [2.05, 4.69) is 15.5 Å². The summed E-state index contributed by atoms with van der Waals surface area (Å²) in [5, 5.41) is 11.9. The first-order chi connectivity index (χ1) is 10.8. The number of hydrogen-bond acceptors (Lipinski definition) is 5. The minimum atomic E-state index is -0.380. The second-order valence-corrected chi connectivity index (χ2v) is 7.21. The van der Waals surface area contributed by atoms with Gasteiger partial charge in [-0.3, -0.25) is 4.79 Å². The van der Waals surface area contributed by atoms with Crippen molar-refractivity contribution in [3.8, 4) is 0 Å². The van der Waals surface area contributed by atoms with E-state index >= 15 is 0 Å². The molecule has 0 saturated heterocycles. The van der Waals surface area contributed by atoms with E-state index < -0.39 is 0 Å². The Hall–Kier alpha value is -1.44. The van der Waals surface area contributed by atoms with Gasteiger partial charge in [-0.2, -0.15) is 0 Å². The van der Waals surface area contributed by atoms with E-state index in [1.165, 1.54) is 16.4 Å². The Morgan fingerprint density at radius 2 is 2.04 bits per heavy atom. The Morgan fingerprint density at radius 3 is 2.61 bits per heavy atom. The maximum atomic E-state index is 12.3. The van der Waals surface area contributed by atoms with E-state index in [0.29, 0.717) is 21.0 Å². The lowest BCUT2D eigenvalue weighted by atomic mass is 10.1. The molecule has 2 rings (SSSR count). The summed E-state index contributed by atoms with van der Waals surface area (Å²) in [5.41, 5.74) is 0.805. The van der Waals surface area contributed by atoms with Gasteiger partial charge in [-0.1, -0.05) is 41.0 Å². The van der Waals surface area contributed by atoms with Crippen LogP contribution < -0.4 is 11.2 Å². The third kappa shape index (κ3) is 4.31. The van der Waals surface area contributed by atoms with Crippen LogP contribution in [-0.2, 0) is 4.79 Å². The minimum Gasteiger partial charge on any atom is -0.349 e. The van der Waals surface area contributed by atoms with Crippen LogP contribution in [0.5, 0.6) is 0 Å². The molecule has 2 atom stereocenters. The summed E-state index contributed by atoms with van der Waals surface area (Å²) >= 11 is 13.3. The van der Waals surface area contributed by atoms with E-state index in [4.69, 9.17) is 29.0 Å². The average Bonchev–Trinajstić information content (AvgIpc) is 2.79. The molecular weight excluding hydrogens is 357 g/mol. The summed E-state index contributed by atoms with van der Waals surface area (Å²) in [6.07, 6.45) is 0. The maximum absolute atomic E-state index is 12.3. The number of halogens is 2. The Balaban J connectivity index is 2.01. The van der Waals surface area contributed by atoms with Gasteiger partial charge < -0.3 is 11.2 Å². The lowest BCUT2D eigenvalue weighted by Crippen LogP contribution is -2.33. The number of nitrogen functional groups attached to an aromatic ring is 1. The predicted molar refractivity (Wildman–Crippen MR) is 93.2 cm³/mol. The summed E-state index contributed by atoms with van der Waals surface area (Å²) in [6, 6.07) is 4.95. The molecule has 0 aliphatic carbocycles. The number of carbonyl (C=O) groups is 1. The average molecular weight is 374 g/mol. The Bertz CT molecular complexity index is 721. The number of aryl methyl sites for hydroxylation is 1. The lowest BCUT2D eigenvalue weighted by molar-refractivity contribution is -0.120. The summed E-state index contributed by atoms with van der Waals surface area (Å²) in [6.45, 7) is 5.38. The van der Waals surface area contributed by atoms with E-state index in [1.807, 2.05) is 6.92 Å². The Labute approximate surface area is 148 Å². The van der Waals surface area contributed by atoms with Crippen LogP contribution in [0.25, 0.3) is 0 Å². The molecule has 0 fully saturated rings. The van der Waals surface area contributed by atoms with Gasteiger partial charge in [-0.05, 0) is 38.5 Å². The first kappa shape index (κ1) is 17.9. The molecule has 1 heterocycles. The van der Waals surface area contributed by atoms with Gasteiger partial charge in [0.25, 0.3) is 0 Å². The summed E-state index contributed by atoms with van der Waals surface area (Å²) in [4.78, 5) is 12.3. The van der Waals surface area contributed by atoms with Crippen molar-refractivity contribution in [1.29, 1.82) is 0 Å². The number of nitrogens with zero attached hydrogens (tertiary/aromatic N) is 3. The van der Waals surface area contributed by atoms with Crippen LogP contribution in [0, 0.1) is 6.92 Å². The maximum Gasteiger partial charge on any atom is 0.233 e. The molecule has 0 aliphatic rings. The highest BCUT2D eigenvalue weighted by atomic mass is 35.5. The lowest BCUT2D eigenvalue weighted by Gasteiger charge is -2.18. The number of aromatic nitrogens is 3. The highest BCUT2D eigenvalue weighted by molar-refractivity contribution is 8.00. The number of thioether (sulfide) groups is 1. The normalized spacial score (nSPS) is 13.6. The van der Waals surface area contributed by atoms with Crippen molar-refractivity contribution >= 4 is 40.9 Å². The van der Waals surface area contributed by atoms with Crippen LogP contribution in [0.15, 0.2) is 23.4 Å². The highest BCUT2D eigenvalue weighted by Crippen LogP contribution is 2.27. The fourth-order valence-electron chi connectivity index (χ4n) is 1.90. The number of amides is 1. The van der Waals surface area contributed by atoms with E-state index in [-0.39, 0.29) is 17.2 Å². The number of rotatable bonds is 5. The topological polar surface area (TPSA) is 85.8 Å². The van der Waals surface area contributed by atoms with Crippen LogP contribution in [0.3, 0.4) is 0 Å². The second kappa shape index (κ2) is 7.42. The number of nitrogens with one attached hydrogen (secondary N) is 1. The fraction of sp³-hybridized carbons (Fsp3) is 0.357. The molecule has 0 saturated carbocycles. The first-order valence-corrected chi connectivity index (χ1v) is 8.52. The molecule has 3 N–H and O–H groups in total. The highest BCUT2D eigenvalue weighted by Gasteiger charge is 2.21. The van der Waals surface area contributed by atoms with Gasteiger partial charge in [0.2, 0.25) is 11.1 Å². The van der Waals surface area contributed by atoms with Crippen LogP contribution in [0.4, 0.5) is 0 Å². The van der Waals surface area contributed by atoms with Gasteiger partial charge in [-0.15, -0.1) is 10.2 Å². The molecule has 124 valence electrons. The van der Waals surface area contributed by atoms with Gasteiger partial charge in [0.1, 0.15) is 5.82 Å². The van der Waals surface area contributed by atoms with Gasteiger partial charge in [0, 0.05) is 10.0 Å². The van der Waals surface area contributed by atoms with Crippen molar-refractivity contribution in [2.24, 2.45) is 0 Å². The van der Waals surface area contributed by atoms with Crippen molar-refractivity contribution < 1.29 is 4.79 Å². The molecule has 2 aromatic rings. The molecule has 0 spiro atoms. The number of benzene rings is 1. The van der Waals surface area contributed by atoms with Crippen LogP contribution >= 0.6 is 35.0 Å². The van der Waals surface area contributed by atoms with Crippen molar-refractivity contribution in [2.45, 2.75) is 37.2 Å². The first-order valence-electron chi connectivity index (χ1n) is 6.88. The second-order valence-electron chi connectivity index (χ2n) is 5.06. The van der Waals surface area contributed by atoms with Crippen molar-refractivity contribution in [3.05, 3.63) is 39.6 Å². The zero-order chi connectivity index (χ0) is 17.1. The van der Waals surface area contributed by atoms with Gasteiger partial charge in [0.05, 0.1) is 11.3 Å². The minimum absolute atomic E-state index is 0.144. The molecule has 1 aromatic heterocycles. The fourth-order valence-corrected chi connectivity index (χ4v) is 3.30. The quantitative estimate of drug-likeness (QED) is 0.621. The van der Waals surface area contributed by atoms with E-state index in [0.717, 1.165) is 5.56 Å². The standard InChI is InChI=1S/C14H17Cl2N5OS/c1-7(11-5-4-10(15)6-12(11)16)18-13(22)8(2)23-14-20-19-9(3)21(14)17/h4-8H,17H2,1-3H3,(H,18,22)/t7-,8-/m1/s1. The van der Waals surface area contributed by atoms with Crippen LogP contribution in [0.2, 0.25) is 10.0 Å². The van der Waals surface area contributed by atoms with Crippen molar-refractivity contribution in [2.75, 3.05) is 5.84 Å². The summed E-state index contributed by atoms with van der Waals surface area (Å²) in [7, 11) is 0. The van der Waals surface area contributed by atoms with Crippen LogP contribution in [0.1, 0.15) is 31.3 Å².